The van der Waals surface area contributed by atoms with Crippen molar-refractivity contribution in [2.45, 2.75) is 84.3 Å². The fourth-order valence-electron chi connectivity index (χ4n) is 3.97. The van der Waals surface area contributed by atoms with E-state index in [1.54, 1.807) is 5.82 Å². The molecule has 0 unspecified atom stereocenters. The largest absolute Gasteiger partial charge is 0.390 e. The van der Waals surface area contributed by atoms with E-state index < -0.39 is 19.5 Å². The molecule has 0 aromatic rings. The van der Waals surface area contributed by atoms with Gasteiger partial charge in [0.15, 0.2) is 5.79 Å². The van der Waals surface area contributed by atoms with Crippen LogP contribution in [0.25, 0.3) is 0 Å². The number of ether oxygens (including phenoxy) is 2. The average Bonchev–Trinajstić information content (AvgIpc) is 2.98. The van der Waals surface area contributed by atoms with E-state index in [9.17, 15) is 9.67 Å². The van der Waals surface area contributed by atoms with Crippen LogP contribution in [-0.2, 0) is 23.1 Å². The first-order valence-electron chi connectivity index (χ1n) is 8.69. The fourth-order valence-corrected chi connectivity index (χ4v) is 5.80. The van der Waals surface area contributed by atoms with Crippen molar-refractivity contribution in [1.82, 2.24) is 0 Å². The van der Waals surface area contributed by atoms with Crippen LogP contribution in [-0.4, -0.2) is 41.4 Å². The third kappa shape index (κ3) is 3.25. The maximum Gasteiger partial charge on any atom is 0.354 e. The SMILES string of the molecule is CC(C)OP(=O)(C=C[C@]12C[C@@H]1[C@H](O)[C@@H]1OC(C)(C)O[C@@H]12)OC(C)C. The molecule has 3 rings (SSSR count). The van der Waals surface area contributed by atoms with Crippen LogP contribution in [0.5, 0.6) is 0 Å². The molecule has 2 aliphatic carbocycles. The van der Waals surface area contributed by atoms with Crippen LogP contribution in [0.15, 0.2) is 11.9 Å². The molecule has 1 saturated heterocycles. The third-order valence-electron chi connectivity index (χ3n) is 4.79. The summed E-state index contributed by atoms with van der Waals surface area (Å²) in [6.07, 6.45) is 1.14. The first-order valence-corrected chi connectivity index (χ1v) is 10.3. The molecule has 1 N–H and O–H groups in total. The molecular formula is C17H29O6P. The minimum Gasteiger partial charge on any atom is -0.390 e. The molecular weight excluding hydrogens is 331 g/mol. The van der Waals surface area contributed by atoms with Crippen LogP contribution in [0.3, 0.4) is 0 Å². The number of fused-ring (bicyclic) bond motifs is 3. The summed E-state index contributed by atoms with van der Waals surface area (Å²) in [7, 11) is -3.35. The Balaban J connectivity index is 1.82. The van der Waals surface area contributed by atoms with E-state index in [0.717, 1.165) is 6.42 Å². The highest BCUT2D eigenvalue weighted by atomic mass is 31.2. The van der Waals surface area contributed by atoms with Crippen LogP contribution in [0.2, 0.25) is 0 Å². The second-order valence-electron chi connectivity index (χ2n) is 8.10. The summed E-state index contributed by atoms with van der Waals surface area (Å²) in [6, 6.07) is 0. The fraction of sp³-hybridized carbons (Fsp3) is 0.882. The van der Waals surface area contributed by atoms with Gasteiger partial charge in [0.2, 0.25) is 0 Å². The normalized spacial score (nSPS) is 40.5. The number of aliphatic hydroxyl groups is 1. The molecule has 3 fully saturated rings. The van der Waals surface area contributed by atoms with Gasteiger partial charge >= 0.3 is 7.60 Å². The van der Waals surface area contributed by atoms with Crippen LogP contribution in [0.1, 0.15) is 48.0 Å². The summed E-state index contributed by atoms with van der Waals surface area (Å²) in [6.45, 7) is 11.0. The van der Waals surface area contributed by atoms with Crippen molar-refractivity contribution in [3.63, 3.8) is 0 Å². The zero-order valence-corrected chi connectivity index (χ0v) is 16.2. The molecule has 0 spiro atoms. The second kappa shape index (κ2) is 5.90. The molecule has 2 saturated carbocycles. The Morgan fingerprint density at radius 1 is 1.17 bits per heavy atom. The summed E-state index contributed by atoms with van der Waals surface area (Å²) in [5, 5.41) is 10.5. The first kappa shape index (κ1) is 18.6. The number of hydrogen-bond acceptors (Lipinski definition) is 6. The van der Waals surface area contributed by atoms with Crippen molar-refractivity contribution in [3.05, 3.63) is 11.9 Å². The molecule has 1 heterocycles. The lowest BCUT2D eigenvalue weighted by atomic mass is 10.00. The third-order valence-corrected chi connectivity index (χ3v) is 6.74. The smallest absolute Gasteiger partial charge is 0.354 e. The summed E-state index contributed by atoms with van der Waals surface area (Å²) in [5.74, 6) is 0.917. The van der Waals surface area contributed by atoms with E-state index >= 15 is 0 Å². The van der Waals surface area contributed by atoms with Gasteiger partial charge < -0.3 is 23.6 Å². The molecule has 7 heteroatoms. The monoisotopic (exact) mass is 360 g/mol. The van der Waals surface area contributed by atoms with E-state index in [0.29, 0.717) is 0 Å². The van der Waals surface area contributed by atoms with Crippen LogP contribution in [0, 0.1) is 11.3 Å². The Kier molecular flexibility index (Phi) is 4.56. The van der Waals surface area contributed by atoms with E-state index in [1.165, 1.54) is 0 Å². The van der Waals surface area contributed by atoms with Crippen LogP contribution >= 0.6 is 7.60 Å². The van der Waals surface area contributed by atoms with E-state index in [4.69, 9.17) is 18.5 Å². The van der Waals surface area contributed by atoms with E-state index in [1.807, 2.05) is 47.6 Å². The standard InChI is InChI=1S/C17H29O6P/c1-10(2)22-24(19,23-11(3)4)8-7-17-9-12(17)13(18)14-15(17)21-16(5,6)20-14/h7-8,10-15,18H,9H2,1-6H3/t12-,13+,14+,15+,17+/m1/s1. The zero-order chi connectivity index (χ0) is 17.9. The van der Waals surface area contributed by atoms with Gasteiger partial charge in [0.25, 0.3) is 0 Å². The van der Waals surface area contributed by atoms with Gasteiger partial charge in [-0.25, -0.2) is 0 Å². The van der Waals surface area contributed by atoms with Crippen molar-refractivity contribution in [2.75, 3.05) is 0 Å². The summed E-state index contributed by atoms with van der Waals surface area (Å²) < 4.78 is 36.0. The van der Waals surface area contributed by atoms with Crippen molar-refractivity contribution >= 4 is 7.60 Å². The highest BCUT2D eigenvalue weighted by Crippen LogP contribution is 2.69. The van der Waals surface area contributed by atoms with Gasteiger partial charge in [-0.2, -0.15) is 0 Å². The predicted molar refractivity (Wildman–Crippen MR) is 89.6 cm³/mol. The molecule has 138 valence electrons. The molecule has 0 aromatic carbocycles. The molecule has 0 aromatic heterocycles. The highest BCUT2D eigenvalue weighted by Gasteiger charge is 2.74. The van der Waals surface area contributed by atoms with Gasteiger partial charge in [-0.05, 0) is 48.0 Å². The molecule has 0 bridgehead atoms. The van der Waals surface area contributed by atoms with Gasteiger partial charge in [-0.3, -0.25) is 4.57 Å². The Bertz CT molecular complexity index is 557. The lowest BCUT2D eigenvalue weighted by Gasteiger charge is -2.23. The van der Waals surface area contributed by atoms with Crippen molar-refractivity contribution in [3.8, 4) is 0 Å². The molecule has 0 radical (unpaired) electrons. The molecule has 24 heavy (non-hydrogen) atoms. The Morgan fingerprint density at radius 3 is 2.29 bits per heavy atom. The minimum absolute atomic E-state index is 0.0754. The highest BCUT2D eigenvalue weighted by molar-refractivity contribution is 7.57. The lowest BCUT2D eigenvalue weighted by Crippen LogP contribution is -2.32. The molecule has 0 amide bonds. The summed E-state index contributed by atoms with van der Waals surface area (Å²) in [4.78, 5) is 0. The Hall–Kier alpha value is -0.230. The quantitative estimate of drug-likeness (QED) is 0.732. The molecule has 6 nitrogen and oxygen atoms in total. The number of rotatable bonds is 6. The number of hydrogen-bond donors (Lipinski definition) is 1. The summed E-state index contributed by atoms with van der Waals surface area (Å²) in [5.41, 5.74) is -0.339. The summed E-state index contributed by atoms with van der Waals surface area (Å²) >= 11 is 0. The van der Waals surface area contributed by atoms with Gasteiger partial charge in [-0.1, -0.05) is 6.08 Å². The van der Waals surface area contributed by atoms with Crippen LogP contribution in [0.4, 0.5) is 0 Å². The maximum atomic E-state index is 13.0. The van der Waals surface area contributed by atoms with Gasteiger partial charge in [-0.15, -0.1) is 0 Å². The minimum atomic E-state index is -3.35. The predicted octanol–water partition coefficient (Wildman–Crippen LogP) is 3.44. The first-order chi connectivity index (χ1) is 11.0. The lowest BCUT2D eigenvalue weighted by molar-refractivity contribution is -0.165. The molecule has 5 atom stereocenters. The maximum absolute atomic E-state index is 13.0. The molecule has 1 aliphatic heterocycles. The van der Waals surface area contributed by atoms with E-state index in [-0.39, 0.29) is 35.7 Å². The van der Waals surface area contributed by atoms with E-state index in [2.05, 4.69) is 0 Å². The van der Waals surface area contributed by atoms with Gasteiger partial charge in [0, 0.05) is 17.2 Å². The van der Waals surface area contributed by atoms with Crippen LogP contribution < -0.4 is 0 Å². The number of aliphatic hydroxyl groups excluding tert-OH is 1. The Labute approximate surface area is 144 Å². The van der Waals surface area contributed by atoms with Gasteiger partial charge in [0.05, 0.1) is 24.4 Å². The van der Waals surface area contributed by atoms with Crippen molar-refractivity contribution in [1.29, 1.82) is 0 Å². The second-order valence-corrected chi connectivity index (χ2v) is 9.90. The zero-order valence-electron chi connectivity index (χ0n) is 15.3. The van der Waals surface area contributed by atoms with Gasteiger partial charge in [0.1, 0.15) is 6.10 Å². The van der Waals surface area contributed by atoms with Crippen molar-refractivity contribution in [2.24, 2.45) is 11.3 Å². The van der Waals surface area contributed by atoms with Crippen molar-refractivity contribution < 1.29 is 28.2 Å². The Morgan fingerprint density at radius 2 is 1.75 bits per heavy atom. The topological polar surface area (TPSA) is 74.2 Å². The molecule has 3 aliphatic rings. The average molecular weight is 360 g/mol.